The minimum Gasteiger partial charge on any atom is -0.342 e. The fourth-order valence-electron chi connectivity index (χ4n) is 1.32. The number of nitrogens with zero attached hydrogens (tertiary/aromatic N) is 1. The number of nitrogens with two attached hydrogens (primary N) is 1. The van der Waals surface area contributed by atoms with E-state index in [0.29, 0.717) is 6.54 Å². The zero-order valence-electron chi connectivity index (χ0n) is 9.55. The molecule has 0 rings (SSSR count). The Morgan fingerprint density at radius 3 is 2.43 bits per heavy atom. The van der Waals surface area contributed by atoms with E-state index >= 15 is 0 Å². The van der Waals surface area contributed by atoms with Crippen molar-refractivity contribution in [3.05, 3.63) is 0 Å². The van der Waals surface area contributed by atoms with Crippen LogP contribution < -0.4 is 11.1 Å². The molecular formula is C10H23N3O. The minimum absolute atomic E-state index is 0.0959. The Hall–Kier alpha value is -0.610. The average Bonchev–Trinajstić information content (AvgIpc) is 2.19. The fourth-order valence-corrected chi connectivity index (χ4v) is 1.32. The Balaban J connectivity index is 3.84. The summed E-state index contributed by atoms with van der Waals surface area (Å²) < 4.78 is 0. The maximum absolute atomic E-state index is 11.7. The number of carbonyl (C=O) groups is 1. The third-order valence-corrected chi connectivity index (χ3v) is 2.28. The molecule has 0 aliphatic heterocycles. The van der Waals surface area contributed by atoms with Crippen LogP contribution in [0.1, 0.15) is 27.2 Å². The molecule has 0 heterocycles. The molecule has 0 saturated heterocycles. The normalized spacial score (nSPS) is 12.6. The van der Waals surface area contributed by atoms with E-state index in [2.05, 4.69) is 5.32 Å². The summed E-state index contributed by atoms with van der Waals surface area (Å²) in [7, 11) is 0. The van der Waals surface area contributed by atoms with Gasteiger partial charge < -0.3 is 16.0 Å². The number of likely N-dealkylation sites (N-methyl/N-ethyl adjacent to an activating group) is 1. The maximum Gasteiger partial charge on any atom is 0.239 e. The zero-order valence-corrected chi connectivity index (χ0v) is 9.55. The second-order valence-corrected chi connectivity index (χ2v) is 3.33. The van der Waals surface area contributed by atoms with Gasteiger partial charge in [-0.15, -0.1) is 0 Å². The lowest BCUT2D eigenvalue weighted by Gasteiger charge is -2.23. The number of rotatable bonds is 7. The molecule has 1 atom stereocenters. The maximum atomic E-state index is 11.7. The molecule has 0 aliphatic rings. The van der Waals surface area contributed by atoms with Crippen LogP contribution in [0.3, 0.4) is 0 Å². The van der Waals surface area contributed by atoms with Crippen molar-refractivity contribution in [2.75, 3.05) is 26.2 Å². The molecule has 0 saturated carbocycles. The van der Waals surface area contributed by atoms with Crippen LogP contribution in [0.15, 0.2) is 0 Å². The summed E-state index contributed by atoms with van der Waals surface area (Å²) in [5.41, 5.74) is 5.37. The highest BCUT2D eigenvalue weighted by Gasteiger charge is 2.16. The van der Waals surface area contributed by atoms with Gasteiger partial charge in [-0.05, 0) is 40.3 Å². The standard InChI is InChI=1S/C10H23N3O/c1-4-13(5-2)10(14)9(3)12-8-6-7-11/h9,12H,4-8,11H2,1-3H3. The first kappa shape index (κ1) is 13.4. The van der Waals surface area contributed by atoms with Gasteiger partial charge in [-0.3, -0.25) is 4.79 Å². The van der Waals surface area contributed by atoms with Gasteiger partial charge in [-0.2, -0.15) is 0 Å². The van der Waals surface area contributed by atoms with Crippen molar-refractivity contribution in [3.8, 4) is 0 Å². The van der Waals surface area contributed by atoms with Gasteiger partial charge in [0.15, 0.2) is 0 Å². The molecular weight excluding hydrogens is 178 g/mol. The molecule has 3 N–H and O–H groups in total. The summed E-state index contributed by atoms with van der Waals surface area (Å²) in [5, 5.41) is 3.16. The van der Waals surface area contributed by atoms with Crippen molar-refractivity contribution < 1.29 is 4.79 Å². The Labute approximate surface area is 86.8 Å². The van der Waals surface area contributed by atoms with Crippen LogP contribution >= 0.6 is 0 Å². The van der Waals surface area contributed by atoms with Gasteiger partial charge in [-0.25, -0.2) is 0 Å². The molecule has 4 nitrogen and oxygen atoms in total. The van der Waals surface area contributed by atoms with Gasteiger partial charge in [0.25, 0.3) is 0 Å². The summed E-state index contributed by atoms with van der Waals surface area (Å²) in [4.78, 5) is 13.6. The van der Waals surface area contributed by atoms with E-state index in [0.717, 1.165) is 26.1 Å². The number of carbonyl (C=O) groups excluding carboxylic acids is 1. The summed E-state index contributed by atoms with van der Waals surface area (Å²) in [6, 6.07) is -0.0959. The van der Waals surface area contributed by atoms with Crippen LogP contribution in [0.25, 0.3) is 0 Å². The van der Waals surface area contributed by atoms with Gasteiger partial charge in [-0.1, -0.05) is 0 Å². The highest BCUT2D eigenvalue weighted by Crippen LogP contribution is 1.94. The van der Waals surface area contributed by atoms with E-state index in [9.17, 15) is 4.79 Å². The van der Waals surface area contributed by atoms with Gasteiger partial charge in [0.1, 0.15) is 0 Å². The molecule has 84 valence electrons. The van der Waals surface area contributed by atoms with Crippen LogP contribution in [-0.4, -0.2) is 43.0 Å². The average molecular weight is 201 g/mol. The van der Waals surface area contributed by atoms with E-state index in [1.807, 2.05) is 25.7 Å². The van der Waals surface area contributed by atoms with Crippen LogP contribution in [-0.2, 0) is 4.79 Å². The zero-order chi connectivity index (χ0) is 11.0. The van der Waals surface area contributed by atoms with Crippen molar-refractivity contribution >= 4 is 5.91 Å². The molecule has 0 aromatic heterocycles. The van der Waals surface area contributed by atoms with Crippen molar-refractivity contribution in [2.45, 2.75) is 33.2 Å². The Bertz CT molecular complexity index is 157. The highest BCUT2D eigenvalue weighted by molar-refractivity contribution is 5.81. The highest BCUT2D eigenvalue weighted by atomic mass is 16.2. The summed E-state index contributed by atoms with van der Waals surface area (Å²) in [5.74, 6) is 0.173. The molecule has 0 fully saturated rings. The number of hydrogen-bond acceptors (Lipinski definition) is 3. The first-order valence-corrected chi connectivity index (χ1v) is 5.39. The lowest BCUT2D eigenvalue weighted by molar-refractivity contribution is -0.132. The van der Waals surface area contributed by atoms with Crippen LogP contribution in [0.4, 0.5) is 0 Å². The predicted octanol–water partition coefficient (Wildman–Crippen LogP) is 0.182. The van der Waals surface area contributed by atoms with Crippen LogP contribution in [0.5, 0.6) is 0 Å². The molecule has 0 radical (unpaired) electrons. The van der Waals surface area contributed by atoms with Crippen LogP contribution in [0.2, 0.25) is 0 Å². The van der Waals surface area contributed by atoms with Gasteiger partial charge >= 0.3 is 0 Å². The molecule has 1 amide bonds. The number of nitrogens with one attached hydrogen (secondary N) is 1. The quantitative estimate of drug-likeness (QED) is 0.578. The summed E-state index contributed by atoms with van der Waals surface area (Å²) in [6.45, 7) is 8.92. The fraction of sp³-hybridized carbons (Fsp3) is 0.900. The summed E-state index contributed by atoms with van der Waals surface area (Å²) >= 11 is 0. The number of amides is 1. The van der Waals surface area contributed by atoms with E-state index in [1.165, 1.54) is 0 Å². The van der Waals surface area contributed by atoms with Gasteiger partial charge in [0.2, 0.25) is 5.91 Å². The smallest absolute Gasteiger partial charge is 0.239 e. The predicted molar refractivity (Wildman–Crippen MR) is 59.1 cm³/mol. The van der Waals surface area contributed by atoms with Crippen molar-refractivity contribution in [1.82, 2.24) is 10.2 Å². The lowest BCUT2D eigenvalue weighted by atomic mass is 10.2. The van der Waals surface area contributed by atoms with Crippen molar-refractivity contribution in [1.29, 1.82) is 0 Å². The Morgan fingerprint density at radius 1 is 1.43 bits per heavy atom. The van der Waals surface area contributed by atoms with E-state index in [4.69, 9.17) is 5.73 Å². The van der Waals surface area contributed by atoms with E-state index in [-0.39, 0.29) is 11.9 Å². The molecule has 14 heavy (non-hydrogen) atoms. The second kappa shape index (κ2) is 7.76. The Morgan fingerprint density at radius 2 is 2.00 bits per heavy atom. The van der Waals surface area contributed by atoms with E-state index < -0.39 is 0 Å². The van der Waals surface area contributed by atoms with Crippen molar-refractivity contribution in [2.24, 2.45) is 5.73 Å². The molecule has 0 aliphatic carbocycles. The molecule has 0 spiro atoms. The molecule has 0 aromatic rings. The SMILES string of the molecule is CCN(CC)C(=O)C(C)NCCCN. The van der Waals surface area contributed by atoms with E-state index in [1.54, 1.807) is 0 Å². The third-order valence-electron chi connectivity index (χ3n) is 2.28. The third kappa shape index (κ3) is 4.58. The second-order valence-electron chi connectivity index (χ2n) is 3.33. The number of hydrogen-bond donors (Lipinski definition) is 2. The van der Waals surface area contributed by atoms with Gasteiger partial charge in [0.05, 0.1) is 6.04 Å². The first-order valence-electron chi connectivity index (χ1n) is 5.39. The minimum atomic E-state index is -0.0959. The van der Waals surface area contributed by atoms with Gasteiger partial charge in [0, 0.05) is 13.1 Å². The molecule has 4 heteroatoms. The monoisotopic (exact) mass is 201 g/mol. The Kier molecular flexibility index (Phi) is 7.42. The topological polar surface area (TPSA) is 58.4 Å². The molecule has 0 bridgehead atoms. The molecule has 1 unspecified atom stereocenters. The lowest BCUT2D eigenvalue weighted by Crippen LogP contribution is -2.45. The largest absolute Gasteiger partial charge is 0.342 e. The summed E-state index contributed by atoms with van der Waals surface area (Å²) in [6.07, 6.45) is 0.913. The molecule has 0 aromatic carbocycles. The van der Waals surface area contributed by atoms with Crippen molar-refractivity contribution in [3.63, 3.8) is 0 Å². The first-order chi connectivity index (χ1) is 6.67. The van der Waals surface area contributed by atoms with Crippen LogP contribution in [0, 0.1) is 0 Å².